The fourth-order valence-corrected chi connectivity index (χ4v) is 3.10. The van der Waals surface area contributed by atoms with Crippen LogP contribution in [0.5, 0.6) is 5.75 Å². The van der Waals surface area contributed by atoms with Crippen molar-refractivity contribution in [3.05, 3.63) is 23.8 Å². The molecule has 0 aromatic heterocycles. The van der Waals surface area contributed by atoms with E-state index in [1.807, 2.05) is 13.0 Å². The third-order valence-corrected chi connectivity index (χ3v) is 4.08. The van der Waals surface area contributed by atoms with Gasteiger partial charge in [-0.1, -0.05) is 19.1 Å². The lowest BCUT2D eigenvalue weighted by Crippen LogP contribution is -2.23. The van der Waals surface area contributed by atoms with Crippen LogP contribution in [-0.2, 0) is 16.4 Å². The van der Waals surface area contributed by atoms with Gasteiger partial charge in [-0.3, -0.25) is 0 Å². The summed E-state index contributed by atoms with van der Waals surface area (Å²) in [7, 11) is -3.43. The van der Waals surface area contributed by atoms with Gasteiger partial charge in [-0.25, -0.2) is 13.1 Å². The molecule has 1 unspecified atom stereocenters. The molecule has 4 nitrogen and oxygen atoms in total. The number of hydrogen-bond acceptors (Lipinski definition) is 3. The van der Waals surface area contributed by atoms with Crippen LogP contribution in [0.4, 0.5) is 0 Å². The van der Waals surface area contributed by atoms with E-state index >= 15 is 0 Å². The zero-order valence-corrected chi connectivity index (χ0v) is 10.2. The van der Waals surface area contributed by atoms with Gasteiger partial charge in [0.1, 0.15) is 16.7 Å². The highest BCUT2D eigenvalue weighted by Crippen LogP contribution is 2.34. The number of para-hydroxylation sites is 1. The monoisotopic (exact) mass is 241 g/mol. The zero-order valence-electron chi connectivity index (χ0n) is 9.36. The van der Waals surface area contributed by atoms with Crippen molar-refractivity contribution < 1.29 is 13.2 Å². The summed E-state index contributed by atoms with van der Waals surface area (Å²) in [5, 5.41) is 0. The Bertz CT molecular complexity index is 496. The van der Waals surface area contributed by atoms with E-state index in [0.717, 1.165) is 12.0 Å². The molecule has 5 heteroatoms. The maximum absolute atomic E-state index is 11.9. The maximum Gasteiger partial charge on any atom is 0.244 e. The molecule has 0 radical (unpaired) electrons. The van der Waals surface area contributed by atoms with Crippen molar-refractivity contribution in [1.82, 2.24) is 4.72 Å². The van der Waals surface area contributed by atoms with E-state index in [9.17, 15) is 8.42 Å². The SMILES string of the molecule is CCNS(=O)(=O)c1cccc2c1OC(C)C2. The predicted octanol–water partition coefficient (Wildman–Crippen LogP) is 1.31. The Morgan fingerprint density at radius 2 is 2.25 bits per heavy atom. The Kier molecular flexibility index (Phi) is 2.90. The van der Waals surface area contributed by atoms with Crippen LogP contribution in [0.25, 0.3) is 0 Å². The average Bonchev–Trinajstić information content (AvgIpc) is 2.56. The summed E-state index contributed by atoms with van der Waals surface area (Å²) < 4.78 is 31.8. The highest BCUT2D eigenvalue weighted by Gasteiger charge is 2.27. The van der Waals surface area contributed by atoms with Crippen LogP contribution in [0.1, 0.15) is 19.4 Å². The van der Waals surface area contributed by atoms with Crippen molar-refractivity contribution in [1.29, 1.82) is 0 Å². The standard InChI is InChI=1S/C11H15NO3S/c1-3-12-16(13,14)10-6-4-5-9-7-8(2)15-11(9)10/h4-6,8,12H,3,7H2,1-2H3. The van der Waals surface area contributed by atoms with Crippen molar-refractivity contribution in [2.75, 3.05) is 6.54 Å². The molecule has 0 fully saturated rings. The summed E-state index contributed by atoms with van der Waals surface area (Å²) >= 11 is 0. The lowest BCUT2D eigenvalue weighted by molar-refractivity contribution is 0.249. The number of sulfonamides is 1. The van der Waals surface area contributed by atoms with Gasteiger partial charge in [-0.15, -0.1) is 0 Å². The minimum absolute atomic E-state index is 0.0491. The van der Waals surface area contributed by atoms with Crippen molar-refractivity contribution in [2.45, 2.75) is 31.3 Å². The van der Waals surface area contributed by atoms with Gasteiger partial charge in [0.25, 0.3) is 0 Å². The lowest BCUT2D eigenvalue weighted by Gasteiger charge is -2.10. The normalized spacial score (nSPS) is 19.2. The van der Waals surface area contributed by atoms with Gasteiger partial charge in [-0.2, -0.15) is 0 Å². The minimum atomic E-state index is -3.43. The molecule has 88 valence electrons. The Balaban J connectivity index is 2.49. The highest BCUT2D eigenvalue weighted by atomic mass is 32.2. The summed E-state index contributed by atoms with van der Waals surface area (Å²) in [6.45, 7) is 4.06. The van der Waals surface area contributed by atoms with Crippen LogP contribution >= 0.6 is 0 Å². The van der Waals surface area contributed by atoms with Crippen LogP contribution in [0.3, 0.4) is 0 Å². The summed E-state index contributed by atoms with van der Waals surface area (Å²) in [5.74, 6) is 0.510. The molecule has 0 saturated carbocycles. The van der Waals surface area contributed by atoms with E-state index in [-0.39, 0.29) is 11.0 Å². The molecule has 0 amide bonds. The number of ether oxygens (including phenoxy) is 1. The summed E-state index contributed by atoms with van der Waals surface area (Å²) in [5.41, 5.74) is 0.964. The Hall–Kier alpha value is -1.07. The van der Waals surface area contributed by atoms with Gasteiger partial charge in [0.2, 0.25) is 10.0 Å². The summed E-state index contributed by atoms with van der Waals surface area (Å²) in [6.07, 6.45) is 0.818. The molecule has 2 rings (SSSR count). The quantitative estimate of drug-likeness (QED) is 0.868. The van der Waals surface area contributed by atoms with E-state index in [4.69, 9.17) is 4.74 Å². The van der Waals surface area contributed by atoms with E-state index in [1.165, 1.54) is 0 Å². The molecule has 16 heavy (non-hydrogen) atoms. The second-order valence-electron chi connectivity index (χ2n) is 3.88. The van der Waals surface area contributed by atoms with Crippen LogP contribution in [-0.4, -0.2) is 21.1 Å². The molecule has 1 aliphatic heterocycles. The van der Waals surface area contributed by atoms with Crippen molar-refractivity contribution in [3.63, 3.8) is 0 Å². The predicted molar refractivity (Wildman–Crippen MR) is 61.1 cm³/mol. The fraction of sp³-hybridized carbons (Fsp3) is 0.455. The van der Waals surface area contributed by atoms with Gasteiger partial charge in [0.15, 0.2) is 0 Å². The average molecular weight is 241 g/mol. The third kappa shape index (κ3) is 1.92. The number of nitrogens with one attached hydrogen (secondary N) is 1. The first-order valence-corrected chi connectivity index (χ1v) is 6.81. The zero-order chi connectivity index (χ0) is 11.8. The van der Waals surface area contributed by atoms with Gasteiger partial charge < -0.3 is 4.74 Å². The fourth-order valence-electron chi connectivity index (χ4n) is 1.89. The third-order valence-electron chi connectivity index (χ3n) is 2.51. The summed E-state index contributed by atoms with van der Waals surface area (Å²) in [6, 6.07) is 5.24. The molecule has 1 heterocycles. The summed E-state index contributed by atoms with van der Waals surface area (Å²) in [4.78, 5) is 0.246. The first-order chi connectivity index (χ1) is 7.54. The van der Waals surface area contributed by atoms with Crippen LogP contribution in [0.2, 0.25) is 0 Å². The van der Waals surface area contributed by atoms with E-state index in [1.54, 1.807) is 19.1 Å². The molecule has 0 bridgehead atoms. The molecule has 1 aromatic carbocycles. The van der Waals surface area contributed by atoms with Crippen LogP contribution in [0.15, 0.2) is 23.1 Å². The molecule has 0 aliphatic carbocycles. The van der Waals surface area contributed by atoms with Crippen molar-refractivity contribution >= 4 is 10.0 Å². The topological polar surface area (TPSA) is 55.4 Å². The minimum Gasteiger partial charge on any atom is -0.489 e. The number of benzene rings is 1. The number of fused-ring (bicyclic) bond motifs is 1. The van der Waals surface area contributed by atoms with E-state index in [2.05, 4.69) is 4.72 Å². The van der Waals surface area contributed by atoms with Gasteiger partial charge in [0.05, 0.1) is 0 Å². The molecule has 0 saturated heterocycles. The highest BCUT2D eigenvalue weighted by molar-refractivity contribution is 7.89. The molecule has 0 spiro atoms. The number of hydrogen-bond donors (Lipinski definition) is 1. The van der Waals surface area contributed by atoms with Crippen LogP contribution < -0.4 is 9.46 Å². The molecule has 1 aromatic rings. The molecule has 1 aliphatic rings. The van der Waals surface area contributed by atoms with E-state index < -0.39 is 10.0 Å². The molecular formula is C11H15NO3S. The lowest BCUT2D eigenvalue weighted by atomic mass is 10.1. The maximum atomic E-state index is 11.9. The smallest absolute Gasteiger partial charge is 0.244 e. The first-order valence-electron chi connectivity index (χ1n) is 5.33. The number of rotatable bonds is 3. The largest absolute Gasteiger partial charge is 0.489 e. The molecule has 1 N–H and O–H groups in total. The molecule has 1 atom stereocenters. The second-order valence-corrected chi connectivity index (χ2v) is 5.61. The van der Waals surface area contributed by atoms with Crippen LogP contribution in [0, 0.1) is 0 Å². The van der Waals surface area contributed by atoms with Gasteiger partial charge >= 0.3 is 0 Å². The van der Waals surface area contributed by atoms with Crippen molar-refractivity contribution in [3.8, 4) is 5.75 Å². The van der Waals surface area contributed by atoms with Gasteiger partial charge in [0, 0.05) is 13.0 Å². The van der Waals surface area contributed by atoms with Gasteiger partial charge in [-0.05, 0) is 18.6 Å². The Morgan fingerprint density at radius 3 is 2.94 bits per heavy atom. The molecular weight excluding hydrogens is 226 g/mol. The van der Waals surface area contributed by atoms with Crippen molar-refractivity contribution in [2.24, 2.45) is 0 Å². The Labute approximate surface area is 95.7 Å². The first kappa shape index (κ1) is 11.4. The second kappa shape index (κ2) is 4.07. The van der Waals surface area contributed by atoms with E-state index in [0.29, 0.717) is 12.3 Å². The Morgan fingerprint density at radius 1 is 1.50 bits per heavy atom.